The van der Waals surface area contributed by atoms with Gasteiger partial charge in [0, 0.05) is 52.7 Å². The summed E-state index contributed by atoms with van der Waals surface area (Å²) in [5.41, 5.74) is 3.65. The van der Waals surface area contributed by atoms with Crippen LogP contribution in [0.25, 0.3) is 39.1 Å². The van der Waals surface area contributed by atoms with Gasteiger partial charge in [0.2, 0.25) is 0 Å². The number of aromatic amines is 1. The Labute approximate surface area is 269 Å². The van der Waals surface area contributed by atoms with E-state index in [1.165, 1.54) is 24.8 Å². The highest BCUT2D eigenvalue weighted by atomic mass is 19.4. The molecule has 238 valence electrons. The fourth-order valence-corrected chi connectivity index (χ4v) is 6.79. The van der Waals surface area contributed by atoms with Crippen LogP contribution in [0.3, 0.4) is 0 Å². The Morgan fingerprint density at radius 1 is 1.06 bits per heavy atom. The number of rotatable bonds is 8. The summed E-state index contributed by atoms with van der Waals surface area (Å²) in [6, 6.07) is 14.8. The first-order chi connectivity index (χ1) is 22.6. The van der Waals surface area contributed by atoms with Crippen molar-refractivity contribution in [2.24, 2.45) is 0 Å². The number of alkyl halides is 3. The highest BCUT2D eigenvalue weighted by Crippen LogP contribution is 2.45. The third-order valence-electron chi connectivity index (χ3n) is 9.97. The Bertz CT molecular complexity index is 2140. The number of pyridine rings is 3. The first-order valence-corrected chi connectivity index (χ1v) is 16.2. The van der Waals surface area contributed by atoms with Gasteiger partial charge in [0.15, 0.2) is 0 Å². The molecule has 4 heterocycles. The molecule has 0 amide bonds. The second kappa shape index (κ2) is 10.9. The van der Waals surface area contributed by atoms with Gasteiger partial charge < -0.3 is 10.3 Å². The maximum absolute atomic E-state index is 14.2. The molecule has 2 N–H and O–H groups in total. The number of benzene rings is 1. The van der Waals surface area contributed by atoms with Crippen LogP contribution < -0.4 is 10.9 Å². The van der Waals surface area contributed by atoms with Crippen molar-refractivity contribution in [3.05, 3.63) is 99.4 Å². The zero-order valence-electron chi connectivity index (χ0n) is 25.9. The van der Waals surface area contributed by atoms with E-state index >= 15 is 0 Å². The predicted molar refractivity (Wildman–Crippen MR) is 173 cm³/mol. The summed E-state index contributed by atoms with van der Waals surface area (Å²) in [6.07, 6.45) is 6.06. The average Bonchev–Trinajstić information content (AvgIpc) is 4.00. The summed E-state index contributed by atoms with van der Waals surface area (Å²) in [7, 11) is 0. The molecule has 0 aliphatic heterocycles. The number of aromatic nitrogens is 4. The van der Waals surface area contributed by atoms with Gasteiger partial charge in [0.25, 0.3) is 5.56 Å². The van der Waals surface area contributed by atoms with E-state index in [1.54, 1.807) is 22.8 Å². The van der Waals surface area contributed by atoms with Crippen molar-refractivity contribution < 1.29 is 13.2 Å². The van der Waals surface area contributed by atoms with E-state index in [1.807, 2.05) is 18.3 Å². The van der Waals surface area contributed by atoms with Crippen molar-refractivity contribution in [1.82, 2.24) is 24.8 Å². The van der Waals surface area contributed by atoms with Gasteiger partial charge in [0.1, 0.15) is 11.3 Å². The maximum Gasteiger partial charge on any atom is 0.418 e. The minimum absolute atomic E-state index is 0.126. The SMILES string of the molecule is CC1(NCc2cc3c(C4CC4)cn(-c4cc(-c5ccc(C#N)cc5-c5ncccc5C(F)(F)F)cc(C5CC5)n4)c(=O)c3[nH]2)CCC1. The Hall–Kier alpha value is -4.75. The summed E-state index contributed by atoms with van der Waals surface area (Å²) in [5.74, 6) is 0.975. The van der Waals surface area contributed by atoms with Crippen LogP contribution in [0.5, 0.6) is 0 Å². The quantitative estimate of drug-likeness (QED) is 0.180. The zero-order chi connectivity index (χ0) is 32.5. The van der Waals surface area contributed by atoms with E-state index in [4.69, 9.17) is 4.98 Å². The molecule has 0 atom stereocenters. The fraction of sp³-hybridized carbons (Fsp3) is 0.351. The fourth-order valence-electron chi connectivity index (χ4n) is 6.79. The van der Waals surface area contributed by atoms with Gasteiger partial charge in [-0.15, -0.1) is 0 Å². The number of hydrogen-bond donors (Lipinski definition) is 2. The number of nitrogens with one attached hydrogen (secondary N) is 2. The normalized spacial score (nSPS) is 17.4. The molecule has 7 nitrogen and oxygen atoms in total. The van der Waals surface area contributed by atoms with E-state index in [2.05, 4.69) is 28.3 Å². The average molecular weight is 635 g/mol. The van der Waals surface area contributed by atoms with Crippen molar-refractivity contribution in [2.45, 2.75) is 82.0 Å². The molecule has 3 aliphatic carbocycles. The number of halogens is 3. The topological polar surface area (TPSA) is 99.4 Å². The second-order valence-electron chi connectivity index (χ2n) is 13.6. The Morgan fingerprint density at radius 2 is 1.85 bits per heavy atom. The third-order valence-corrected chi connectivity index (χ3v) is 9.97. The number of H-pyrrole nitrogens is 1. The number of fused-ring (bicyclic) bond motifs is 1. The maximum atomic E-state index is 14.2. The molecule has 3 saturated carbocycles. The molecule has 0 saturated heterocycles. The van der Waals surface area contributed by atoms with Crippen LogP contribution in [0.2, 0.25) is 0 Å². The molecule has 0 unspecified atom stereocenters. The molecule has 1 aromatic carbocycles. The lowest BCUT2D eigenvalue weighted by Crippen LogP contribution is -2.47. The van der Waals surface area contributed by atoms with Crippen molar-refractivity contribution in [1.29, 1.82) is 5.26 Å². The molecular formula is C37H33F3N6O. The van der Waals surface area contributed by atoms with Crippen LogP contribution in [0.15, 0.2) is 65.7 Å². The molecule has 47 heavy (non-hydrogen) atoms. The minimum Gasteiger partial charge on any atom is -0.353 e. The van der Waals surface area contributed by atoms with Crippen molar-refractivity contribution in [3.63, 3.8) is 0 Å². The van der Waals surface area contributed by atoms with Crippen LogP contribution in [0.1, 0.15) is 91.8 Å². The lowest BCUT2D eigenvalue weighted by molar-refractivity contribution is -0.137. The minimum atomic E-state index is -4.64. The van der Waals surface area contributed by atoms with Gasteiger partial charge in [-0.1, -0.05) is 6.07 Å². The van der Waals surface area contributed by atoms with Crippen molar-refractivity contribution >= 4 is 10.9 Å². The monoisotopic (exact) mass is 634 g/mol. The third kappa shape index (κ3) is 5.52. The largest absolute Gasteiger partial charge is 0.418 e. The van der Waals surface area contributed by atoms with Gasteiger partial charge in [0.05, 0.1) is 22.9 Å². The molecule has 0 spiro atoms. The van der Waals surface area contributed by atoms with Gasteiger partial charge in [-0.3, -0.25) is 14.3 Å². The van der Waals surface area contributed by atoms with Crippen molar-refractivity contribution in [3.8, 4) is 34.3 Å². The molecule has 8 rings (SSSR count). The summed E-state index contributed by atoms with van der Waals surface area (Å²) in [5, 5.41) is 14.2. The predicted octanol–water partition coefficient (Wildman–Crippen LogP) is 8.12. The smallest absolute Gasteiger partial charge is 0.353 e. The van der Waals surface area contributed by atoms with E-state index in [0.29, 0.717) is 34.9 Å². The number of hydrogen-bond acceptors (Lipinski definition) is 5. The lowest BCUT2D eigenvalue weighted by atomic mass is 9.78. The summed E-state index contributed by atoms with van der Waals surface area (Å²) >= 11 is 0. The van der Waals surface area contributed by atoms with E-state index in [-0.39, 0.29) is 33.8 Å². The molecule has 0 radical (unpaired) electrons. The second-order valence-corrected chi connectivity index (χ2v) is 13.6. The molecule has 3 fully saturated rings. The highest BCUT2D eigenvalue weighted by Gasteiger charge is 2.36. The molecule has 3 aliphatic rings. The highest BCUT2D eigenvalue weighted by molar-refractivity contribution is 5.86. The van der Waals surface area contributed by atoms with E-state index in [0.717, 1.165) is 66.9 Å². The van der Waals surface area contributed by atoms with Crippen LogP contribution in [0, 0.1) is 11.3 Å². The Balaban J connectivity index is 1.29. The molecular weight excluding hydrogens is 601 g/mol. The molecule has 4 aromatic heterocycles. The van der Waals surface area contributed by atoms with Crippen LogP contribution in [0.4, 0.5) is 13.2 Å². The van der Waals surface area contributed by atoms with E-state index in [9.17, 15) is 23.2 Å². The van der Waals surface area contributed by atoms with E-state index < -0.39 is 11.7 Å². The zero-order valence-corrected chi connectivity index (χ0v) is 25.9. The van der Waals surface area contributed by atoms with Crippen LogP contribution in [-0.4, -0.2) is 25.1 Å². The van der Waals surface area contributed by atoms with Gasteiger partial charge in [-0.05, 0) is 117 Å². The standard InChI is InChI=1S/C37H33F3N6O/c1-36(11-3-12-36)43-19-25-17-28-29(22-6-7-22)20-46(35(47)34(28)44-25)32-16-24(15-31(45-32)23-8-9-23)26-10-5-21(18-41)14-27(26)33-30(37(38,39)40)4-2-13-42-33/h2,4-5,10,13-17,20,22-23,43-44H,3,6-9,11-12,19H2,1H3. The first kappa shape index (κ1) is 29.6. The van der Waals surface area contributed by atoms with Crippen LogP contribution in [-0.2, 0) is 12.7 Å². The van der Waals surface area contributed by atoms with Crippen molar-refractivity contribution in [2.75, 3.05) is 0 Å². The molecule has 0 bridgehead atoms. The Morgan fingerprint density at radius 3 is 2.53 bits per heavy atom. The van der Waals surface area contributed by atoms with Crippen LogP contribution >= 0.6 is 0 Å². The molecule has 5 aromatic rings. The number of nitriles is 1. The lowest BCUT2D eigenvalue weighted by Gasteiger charge is -2.39. The summed E-state index contributed by atoms with van der Waals surface area (Å²) in [6.45, 7) is 2.87. The summed E-state index contributed by atoms with van der Waals surface area (Å²) < 4.78 is 44.1. The Kier molecular flexibility index (Phi) is 6.88. The first-order valence-electron chi connectivity index (χ1n) is 16.2. The van der Waals surface area contributed by atoms with Gasteiger partial charge >= 0.3 is 6.18 Å². The molecule has 10 heteroatoms. The summed E-state index contributed by atoms with van der Waals surface area (Å²) in [4.78, 5) is 26.7. The number of nitrogens with zero attached hydrogens (tertiary/aromatic N) is 4. The van der Waals surface area contributed by atoms with Gasteiger partial charge in [-0.2, -0.15) is 18.4 Å². The van der Waals surface area contributed by atoms with Gasteiger partial charge in [-0.25, -0.2) is 4.98 Å².